The van der Waals surface area contributed by atoms with Gasteiger partial charge in [-0.1, -0.05) is 18.2 Å². The Kier molecular flexibility index (Phi) is 5.02. The summed E-state index contributed by atoms with van der Waals surface area (Å²) >= 11 is 1.78. The van der Waals surface area contributed by atoms with Crippen LogP contribution in [0, 0.1) is 0 Å². The predicted molar refractivity (Wildman–Crippen MR) is 101 cm³/mol. The second kappa shape index (κ2) is 7.42. The molecule has 1 fully saturated rings. The van der Waals surface area contributed by atoms with Crippen LogP contribution in [0.25, 0.3) is 11.0 Å². The van der Waals surface area contributed by atoms with E-state index in [9.17, 15) is 8.78 Å². The van der Waals surface area contributed by atoms with Crippen LogP contribution < -0.4 is 0 Å². The summed E-state index contributed by atoms with van der Waals surface area (Å²) in [6.07, 6.45) is 0. The molecule has 4 rings (SSSR count). The summed E-state index contributed by atoms with van der Waals surface area (Å²) in [5, 5.41) is 2.10. The summed E-state index contributed by atoms with van der Waals surface area (Å²) in [6, 6.07) is 11.2. The molecule has 0 N–H and O–H groups in total. The molecule has 26 heavy (non-hydrogen) atoms. The van der Waals surface area contributed by atoms with Crippen LogP contribution >= 0.6 is 11.3 Å². The van der Waals surface area contributed by atoms with Gasteiger partial charge in [0.2, 0.25) is 0 Å². The van der Waals surface area contributed by atoms with E-state index in [4.69, 9.17) is 0 Å². The molecule has 0 radical (unpaired) electrons. The first kappa shape index (κ1) is 17.6. The molecule has 1 aliphatic heterocycles. The number of thiophene rings is 1. The Balaban J connectivity index is 1.49. The van der Waals surface area contributed by atoms with E-state index < -0.39 is 6.55 Å². The zero-order valence-electron chi connectivity index (χ0n) is 14.7. The second-order valence-electron chi connectivity index (χ2n) is 6.67. The van der Waals surface area contributed by atoms with E-state index in [1.165, 1.54) is 4.88 Å². The maximum atomic E-state index is 13.7. The van der Waals surface area contributed by atoms with E-state index in [0.29, 0.717) is 16.9 Å². The molecule has 0 spiro atoms. The number of imidazole rings is 1. The molecule has 1 unspecified atom stereocenters. The summed E-state index contributed by atoms with van der Waals surface area (Å²) in [4.78, 5) is 10.6. The van der Waals surface area contributed by atoms with Crippen molar-refractivity contribution in [3.05, 3.63) is 52.5 Å². The summed E-state index contributed by atoms with van der Waals surface area (Å²) in [5.74, 6) is 0.452. The molecule has 4 nitrogen and oxygen atoms in total. The normalized spacial score (nSPS) is 18.0. The van der Waals surface area contributed by atoms with Crippen molar-refractivity contribution in [2.45, 2.75) is 26.1 Å². The molecule has 0 bridgehead atoms. The molecule has 0 aliphatic carbocycles. The van der Waals surface area contributed by atoms with E-state index in [1.807, 2.05) is 13.0 Å². The number of para-hydroxylation sites is 2. The number of benzene rings is 1. The minimum atomic E-state index is -2.58. The van der Waals surface area contributed by atoms with Crippen molar-refractivity contribution in [1.29, 1.82) is 0 Å². The number of alkyl halides is 2. The van der Waals surface area contributed by atoms with Gasteiger partial charge in [0.1, 0.15) is 5.82 Å². The van der Waals surface area contributed by atoms with E-state index in [0.717, 1.165) is 37.3 Å². The third-order valence-corrected chi connectivity index (χ3v) is 5.97. The molecule has 0 amide bonds. The number of aromatic nitrogens is 2. The first-order valence-corrected chi connectivity index (χ1v) is 9.75. The highest BCUT2D eigenvalue weighted by Gasteiger charge is 2.28. The van der Waals surface area contributed by atoms with E-state index >= 15 is 0 Å². The fourth-order valence-corrected chi connectivity index (χ4v) is 4.40. The van der Waals surface area contributed by atoms with Gasteiger partial charge in [-0.15, -0.1) is 11.3 Å². The predicted octanol–water partition coefficient (Wildman–Crippen LogP) is 4.37. The number of rotatable bonds is 5. The monoisotopic (exact) mass is 376 g/mol. The number of piperazine rings is 1. The van der Waals surface area contributed by atoms with Gasteiger partial charge in [-0.3, -0.25) is 14.4 Å². The first-order valence-electron chi connectivity index (χ1n) is 8.87. The zero-order chi connectivity index (χ0) is 18.1. The van der Waals surface area contributed by atoms with Crippen LogP contribution in [0.5, 0.6) is 0 Å². The van der Waals surface area contributed by atoms with Crippen LogP contribution in [0.4, 0.5) is 8.78 Å². The van der Waals surface area contributed by atoms with Crippen molar-refractivity contribution >= 4 is 22.4 Å². The van der Waals surface area contributed by atoms with Crippen molar-refractivity contribution in [1.82, 2.24) is 19.4 Å². The largest absolute Gasteiger partial charge is 0.320 e. The standard InChI is InChI=1S/C19H22F2N4S/c1-14(18-22-16-6-2-3-7-17(16)25(18)19(20)21)24-10-8-23(9-11-24)13-15-5-4-12-26-15/h2-7,12,14,19H,8-11,13H2,1H3. The van der Waals surface area contributed by atoms with Crippen molar-refractivity contribution < 1.29 is 8.78 Å². The average molecular weight is 376 g/mol. The van der Waals surface area contributed by atoms with Gasteiger partial charge in [0.15, 0.2) is 0 Å². The number of fused-ring (bicyclic) bond motifs is 1. The summed E-state index contributed by atoms with van der Waals surface area (Å²) in [5.41, 5.74) is 1.13. The molecule has 1 aliphatic rings. The maximum Gasteiger partial charge on any atom is 0.320 e. The fraction of sp³-hybridized carbons (Fsp3) is 0.421. The number of hydrogen-bond donors (Lipinski definition) is 0. The molecule has 3 heterocycles. The SMILES string of the molecule is CC(c1nc2ccccc2n1C(F)F)N1CCN(Cc2cccs2)CC1. The Bertz CT molecular complexity index is 854. The number of nitrogens with zero attached hydrogens (tertiary/aromatic N) is 4. The molecule has 1 saturated heterocycles. The second-order valence-corrected chi connectivity index (χ2v) is 7.71. The Morgan fingerprint density at radius 1 is 1.08 bits per heavy atom. The molecular formula is C19H22F2N4S. The van der Waals surface area contributed by atoms with Crippen molar-refractivity contribution in [3.63, 3.8) is 0 Å². The minimum absolute atomic E-state index is 0.139. The molecule has 3 aromatic rings. The van der Waals surface area contributed by atoms with Gasteiger partial charge in [-0.05, 0) is 30.5 Å². The van der Waals surface area contributed by atoms with Gasteiger partial charge in [0.05, 0.1) is 17.1 Å². The Morgan fingerprint density at radius 3 is 2.54 bits per heavy atom. The van der Waals surface area contributed by atoms with Crippen LogP contribution in [0.1, 0.15) is 30.2 Å². The summed E-state index contributed by atoms with van der Waals surface area (Å²) < 4.78 is 28.5. The third kappa shape index (κ3) is 3.39. The molecule has 1 aromatic carbocycles. The Hall–Kier alpha value is -1.83. The lowest BCUT2D eigenvalue weighted by Crippen LogP contribution is -2.47. The van der Waals surface area contributed by atoms with Gasteiger partial charge in [0.25, 0.3) is 0 Å². The third-order valence-electron chi connectivity index (χ3n) is 5.11. The minimum Gasteiger partial charge on any atom is -0.296 e. The van der Waals surface area contributed by atoms with Gasteiger partial charge >= 0.3 is 6.55 Å². The molecule has 7 heteroatoms. The van der Waals surface area contributed by atoms with Crippen LogP contribution in [0.3, 0.4) is 0 Å². The summed E-state index contributed by atoms with van der Waals surface area (Å²) in [6.45, 7) is 3.97. The highest BCUT2D eigenvalue weighted by Crippen LogP contribution is 2.30. The van der Waals surface area contributed by atoms with Crippen molar-refractivity contribution in [3.8, 4) is 0 Å². The molecule has 1 atom stereocenters. The Morgan fingerprint density at radius 2 is 1.85 bits per heavy atom. The van der Waals surface area contributed by atoms with Crippen LogP contribution in [0.2, 0.25) is 0 Å². The Labute approximate surface area is 155 Å². The number of halogens is 2. The maximum absolute atomic E-state index is 13.7. The highest BCUT2D eigenvalue weighted by atomic mass is 32.1. The molecule has 2 aromatic heterocycles. The highest BCUT2D eigenvalue weighted by molar-refractivity contribution is 7.09. The molecular weight excluding hydrogens is 354 g/mol. The first-order chi connectivity index (χ1) is 12.6. The van der Waals surface area contributed by atoms with Crippen LogP contribution in [-0.2, 0) is 6.54 Å². The lowest BCUT2D eigenvalue weighted by Gasteiger charge is -2.37. The van der Waals surface area contributed by atoms with Gasteiger partial charge < -0.3 is 0 Å². The lowest BCUT2D eigenvalue weighted by atomic mass is 10.2. The molecule has 0 saturated carbocycles. The quantitative estimate of drug-likeness (QED) is 0.661. The topological polar surface area (TPSA) is 24.3 Å². The van der Waals surface area contributed by atoms with E-state index in [1.54, 1.807) is 29.5 Å². The average Bonchev–Trinajstić information content (AvgIpc) is 3.29. The van der Waals surface area contributed by atoms with Crippen molar-refractivity contribution in [2.24, 2.45) is 0 Å². The van der Waals surface area contributed by atoms with Crippen molar-refractivity contribution in [2.75, 3.05) is 26.2 Å². The number of hydrogen-bond acceptors (Lipinski definition) is 4. The van der Waals surface area contributed by atoms with E-state index in [-0.39, 0.29) is 6.04 Å². The van der Waals surface area contributed by atoms with Gasteiger partial charge in [-0.2, -0.15) is 8.78 Å². The smallest absolute Gasteiger partial charge is 0.296 e. The lowest BCUT2D eigenvalue weighted by molar-refractivity contribution is 0.0559. The van der Waals surface area contributed by atoms with Gasteiger partial charge in [0, 0.05) is 37.6 Å². The zero-order valence-corrected chi connectivity index (χ0v) is 15.5. The van der Waals surface area contributed by atoms with Gasteiger partial charge in [-0.25, -0.2) is 4.98 Å². The van der Waals surface area contributed by atoms with Crippen LogP contribution in [0.15, 0.2) is 41.8 Å². The fourth-order valence-electron chi connectivity index (χ4n) is 3.66. The summed E-state index contributed by atoms with van der Waals surface area (Å²) in [7, 11) is 0. The van der Waals surface area contributed by atoms with Crippen LogP contribution in [-0.4, -0.2) is 45.5 Å². The molecule has 138 valence electrons. The van der Waals surface area contributed by atoms with E-state index in [2.05, 4.69) is 32.3 Å².